The summed E-state index contributed by atoms with van der Waals surface area (Å²) in [6, 6.07) is 1.45. The van der Waals surface area contributed by atoms with Crippen molar-refractivity contribution in [1.82, 2.24) is 9.78 Å². The molecule has 1 heterocycles. The summed E-state index contributed by atoms with van der Waals surface area (Å²) in [6.45, 7) is 6.51. The molecule has 1 unspecified atom stereocenters. The van der Waals surface area contributed by atoms with Crippen molar-refractivity contribution in [2.75, 3.05) is 0 Å². The van der Waals surface area contributed by atoms with Gasteiger partial charge in [0.05, 0.1) is 5.54 Å². The zero-order valence-electron chi connectivity index (χ0n) is 14.0. The van der Waals surface area contributed by atoms with Gasteiger partial charge in [-0.15, -0.1) is 0 Å². The van der Waals surface area contributed by atoms with Gasteiger partial charge in [0.15, 0.2) is 0 Å². The predicted octanol–water partition coefficient (Wildman–Crippen LogP) is 6.85. The first-order chi connectivity index (χ1) is 10.4. The number of hydrogen-bond donors (Lipinski definition) is 0. The number of hydrogen-bond acceptors (Lipinski definition) is 1. The first-order valence-corrected chi connectivity index (χ1v) is 9.28. The summed E-state index contributed by atoms with van der Waals surface area (Å²) in [5.41, 5.74) is -0.325. The molecule has 0 bridgehead atoms. The maximum Gasteiger partial charge on any atom is 0.282 e. The molecule has 128 valence electrons. The Kier molecular flexibility index (Phi) is 8.58. The summed E-state index contributed by atoms with van der Waals surface area (Å²) < 4.78 is 28.2. The van der Waals surface area contributed by atoms with Crippen LogP contribution in [0.4, 0.5) is 8.78 Å². The second-order valence-corrected chi connectivity index (χ2v) is 7.18. The molecule has 0 aliphatic heterocycles. The smallest absolute Gasteiger partial charge is 0.252 e. The van der Waals surface area contributed by atoms with E-state index in [-0.39, 0.29) is 11.2 Å². The zero-order valence-corrected chi connectivity index (χ0v) is 15.6. The maximum absolute atomic E-state index is 12.9. The Bertz CT molecular complexity index is 434. The number of rotatable bonds is 11. The Labute approximate surface area is 141 Å². The van der Waals surface area contributed by atoms with Gasteiger partial charge in [0.1, 0.15) is 10.3 Å². The van der Waals surface area contributed by atoms with Crippen molar-refractivity contribution < 1.29 is 8.78 Å². The molecule has 1 atom stereocenters. The standard InChI is InChI=1S/C17H29BrF2N2/c1-4-6-8-9-10-12-17(3,11-7-5-2)22-15(18)13-14(21-22)16(19)20/h13,16H,4-12H2,1-3H3. The molecular formula is C17H29BrF2N2. The Hall–Kier alpha value is -0.450. The van der Waals surface area contributed by atoms with E-state index in [1.807, 2.05) is 0 Å². The topological polar surface area (TPSA) is 17.8 Å². The fraction of sp³-hybridized carbons (Fsp3) is 0.824. The van der Waals surface area contributed by atoms with Gasteiger partial charge < -0.3 is 0 Å². The lowest BCUT2D eigenvalue weighted by molar-refractivity contribution is 0.141. The number of nitrogens with zero attached hydrogens (tertiary/aromatic N) is 2. The first kappa shape index (κ1) is 19.6. The van der Waals surface area contributed by atoms with Crippen LogP contribution in [-0.2, 0) is 5.54 Å². The number of alkyl halides is 2. The van der Waals surface area contributed by atoms with Crippen LogP contribution < -0.4 is 0 Å². The number of aromatic nitrogens is 2. The van der Waals surface area contributed by atoms with Crippen molar-refractivity contribution in [3.8, 4) is 0 Å². The fourth-order valence-electron chi connectivity index (χ4n) is 2.86. The van der Waals surface area contributed by atoms with Crippen molar-refractivity contribution in [1.29, 1.82) is 0 Å². The van der Waals surface area contributed by atoms with Crippen LogP contribution in [0.25, 0.3) is 0 Å². The van der Waals surface area contributed by atoms with E-state index in [9.17, 15) is 8.78 Å². The van der Waals surface area contributed by atoms with Gasteiger partial charge in [-0.2, -0.15) is 5.10 Å². The summed E-state index contributed by atoms with van der Waals surface area (Å²) in [5, 5.41) is 4.17. The molecule has 0 radical (unpaired) electrons. The van der Waals surface area contributed by atoms with E-state index < -0.39 is 6.43 Å². The highest BCUT2D eigenvalue weighted by atomic mass is 79.9. The summed E-state index contributed by atoms with van der Waals surface area (Å²) in [4.78, 5) is 0. The van der Waals surface area contributed by atoms with E-state index in [1.165, 1.54) is 31.7 Å². The van der Waals surface area contributed by atoms with Gasteiger partial charge in [0, 0.05) is 0 Å². The Morgan fingerprint density at radius 3 is 2.23 bits per heavy atom. The molecule has 22 heavy (non-hydrogen) atoms. The molecule has 0 saturated carbocycles. The lowest BCUT2D eigenvalue weighted by Crippen LogP contribution is -2.31. The van der Waals surface area contributed by atoms with Gasteiger partial charge in [0.25, 0.3) is 6.43 Å². The monoisotopic (exact) mass is 378 g/mol. The quantitative estimate of drug-likeness (QED) is 0.385. The molecule has 0 amide bonds. The minimum atomic E-state index is -2.52. The second kappa shape index (κ2) is 9.64. The molecular weight excluding hydrogens is 350 g/mol. The van der Waals surface area contributed by atoms with Crippen LogP contribution in [0.15, 0.2) is 10.7 Å². The van der Waals surface area contributed by atoms with E-state index in [1.54, 1.807) is 4.68 Å². The van der Waals surface area contributed by atoms with E-state index in [0.717, 1.165) is 32.1 Å². The highest BCUT2D eigenvalue weighted by Gasteiger charge is 2.29. The molecule has 0 aliphatic carbocycles. The average molecular weight is 379 g/mol. The summed E-state index contributed by atoms with van der Waals surface area (Å²) in [7, 11) is 0. The summed E-state index contributed by atoms with van der Waals surface area (Å²) in [6.07, 6.45) is 7.71. The highest BCUT2D eigenvalue weighted by Crippen LogP contribution is 2.34. The second-order valence-electron chi connectivity index (χ2n) is 6.37. The van der Waals surface area contributed by atoms with Gasteiger partial charge >= 0.3 is 0 Å². The molecule has 5 heteroatoms. The average Bonchev–Trinajstić information content (AvgIpc) is 2.88. The predicted molar refractivity (Wildman–Crippen MR) is 91.4 cm³/mol. The number of unbranched alkanes of at least 4 members (excludes halogenated alkanes) is 5. The van der Waals surface area contributed by atoms with Crippen LogP contribution in [0.1, 0.15) is 90.7 Å². The zero-order chi connectivity index (χ0) is 16.6. The minimum Gasteiger partial charge on any atom is -0.252 e. The first-order valence-electron chi connectivity index (χ1n) is 8.48. The van der Waals surface area contributed by atoms with Crippen molar-refractivity contribution in [3.63, 3.8) is 0 Å². The number of halogens is 3. The van der Waals surface area contributed by atoms with Crippen LogP contribution in [-0.4, -0.2) is 9.78 Å². The van der Waals surface area contributed by atoms with E-state index in [4.69, 9.17) is 0 Å². The maximum atomic E-state index is 12.9. The molecule has 0 saturated heterocycles. The normalized spacial score (nSPS) is 14.5. The largest absolute Gasteiger partial charge is 0.282 e. The van der Waals surface area contributed by atoms with Crippen LogP contribution in [0.5, 0.6) is 0 Å². The molecule has 0 aromatic carbocycles. The van der Waals surface area contributed by atoms with E-state index >= 15 is 0 Å². The van der Waals surface area contributed by atoms with Gasteiger partial charge in [0.2, 0.25) is 0 Å². The SMILES string of the molecule is CCCCCCCC(C)(CCCC)n1nc(C(F)F)cc1Br. The van der Waals surface area contributed by atoms with E-state index in [0.29, 0.717) is 4.60 Å². The van der Waals surface area contributed by atoms with Crippen molar-refractivity contribution in [2.45, 2.75) is 90.5 Å². The molecule has 2 nitrogen and oxygen atoms in total. The van der Waals surface area contributed by atoms with Gasteiger partial charge in [-0.05, 0) is 41.8 Å². The van der Waals surface area contributed by atoms with Crippen molar-refractivity contribution in [2.24, 2.45) is 0 Å². The molecule has 1 aromatic rings. The lowest BCUT2D eigenvalue weighted by Gasteiger charge is -2.31. The van der Waals surface area contributed by atoms with Crippen molar-refractivity contribution >= 4 is 15.9 Å². The third-order valence-electron chi connectivity index (χ3n) is 4.31. The van der Waals surface area contributed by atoms with E-state index in [2.05, 4.69) is 41.8 Å². The van der Waals surface area contributed by atoms with Crippen molar-refractivity contribution in [3.05, 3.63) is 16.4 Å². The van der Waals surface area contributed by atoms with Gasteiger partial charge in [-0.1, -0.05) is 58.8 Å². The van der Waals surface area contributed by atoms with Crippen LogP contribution in [0.2, 0.25) is 0 Å². The van der Waals surface area contributed by atoms with Gasteiger partial charge in [-0.25, -0.2) is 8.78 Å². The Balaban J connectivity index is 2.81. The molecule has 0 spiro atoms. The highest BCUT2D eigenvalue weighted by molar-refractivity contribution is 9.10. The minimum absolute atomic E-state index is 0.138. The van der Waals surface area contributed by atoms with Crippen LogP contribution in [0.3, 0.4) is 0 Å². The fourth-order valence-corrected chi connectivity index (χ4v) is 3.61. The summed E-state index contributed by atoms with van der Waals surface area (Å²) in [5.74, 6) is 0. The van der Waals surface area contributed by atoms with Crippen LogP contribution in [0, 0.1) is 0 Å². The third kappa shape index (κ3) is 5.64. The third-order valence-corrected chi connectivity index (χ3v) is 4.87. The Morgan fingerprint density at radius 2 is 1.68 bits per heavy atom. The Morgan fingerprint density at radius 1 is 1.09 bits per heavy atom. The molecule has 1 rings (SSSR count). The lowest BCUT2D eigenvalue weighted by atomic mass is 9.89. The molecule has 0 aliphatic rings. The van der Waals surface area contributed by atoms with Gasteiger partial charge in [-0.3, -0.25) is 4.68 Å². The van der Waals surface area contributed by atoms with Crippen LogP contribution >= 0.6 is 15.9 Å². The summed E-state index contributed by atoms with van der Waals surface area (Å²) >= 11 is 3.41. The molecule has 1 aromatic heterocycles. The molecule has 0 fully saturated rings. The molecule has 0 N–H and O–H groups in total.